The lowest BCUT2D eigenvalue weighted by atomic mass is 10.3. The quantitative estimate of drug-likeness (QED) is 0.839. The number of aromatic amines is 1. The maximum absolute atomic E-state index is 12.4. The van der Waals surface area contributed by atoms with Crippen molar-refractivity contribution in [3.8, 4) is 0 Å². The summed E-state index contributed by atoms with van der Waals surface area (Å²) in [6.45, 7) is 3.71. The zero-order valence-electron chi connectivity index (χ0n) is 11.8. The Bertz CT molecular complexity index is 804. The van der Waals surface area contributed by atoms with Crippen molar-refractivity contribution in [3.05, 3.63) is 36.9 Å². The molecule has 0 aliphatic heterocycles. The highest BCUT2D eigenvalue weighted by atomic mass is 32.1. The van der Waals surface area contributed by atoms with Crippen LogP contribution in [0.4, 0.5) is 11.5 Å². The number of carbonyl (C=O) groups is 1. The molecule has 21 heavy (non-hydrogen) atoms. The Hall–Kier alpha value is -2.42. The number of hydrogen-bond acceptors (Lipinski definition) is 6. The average molecular weight is 309 g/mol. The van der Waals surface area contributed by atoms with E-state index in [0.717, 1.165) is 4.90 Å². The number of amides is 1. The number of anilines is 2. The van der Waals surface area contributed by atoms with Gasteiger partial charge in [0.05, 0.1) is 11.2 Å². The van der Waals surface area contributed by atoms with Crippen LogP contribution in [0.2, 0.25) is 0 Å². The summed E-state index contributed by atoms with van der Waals surface area (Å²) < 4.78 is 1.19. The predicted molar refractivity (Wildman–Crippen MR) is 81.0 cm³/mol. The molecule has 9 heteroatoms. The second kappa shape index (κ2) is 5.52. The Morgan fingerprint density at radius 1 is 1.52 bits per heavy atom. The Balaban J connectivity index is 2.57. The number of aromatic nitrogens is 3. The normalized spacial score (nSPS) is 10.6. The lowest BCUT2D eigenvalue weighted by molar-refractivity contribution is 0.0995. The van der Waals surface area contributed by atoms with Gasteiger partial charge in [-0.05, 0) is 13.8 Å². The molecule has 2 rings (SSSR count). The van der Waals surface area contributed by atoms with Gasteiger partial charge in [0, 0.05) is 13.6 Å². The molecule has 2 heterocycles. The highest BCUT2D eigenvalue weighted by Gasteiger charge is 2.23. The molecule has 0 saturated heterocycles. The van der Waals surface area contributed by atoms with Gasteiger partial charge in [0.2, 0.25) is 0 Å². The van der Waals surface area contributed by atoms with Crippen LogP contribution in [0.1, 0.15) is 22.3 Å². The standard InChI is InChI=1S/C12H15N5O3S/c1-4-17-9(13)7(10(18)15-12(17)20)16(3)11(19)8-6(2)14-5-21-8/h5H,4,13H2,1-3H3,(H,15,18,20). The van der Waals surface area contributed by atoms with Crippen LogP contribution in [0, 0.1) is 6.92 Å². The third kappa shape index (κ3) is 2.47. The van der Waals surface area contributed by atoms with Crippen LogP contribution in [0.3, 0.4) is 0 Å². The molecule has 112 valence electrons. The molecule has 8 nitrogen and oxygen atoms in total. The first-order valence-electron chi connectivity index (χ1n) is 6.19. The summed E-state index contributed by atoms with van der Waals surface area (Å²) in [6, 6.07) is 0. The minimum absolute atomic E-state index is 0.0377. The minimum Gasteiger partial charge on any atom is -0.383 e. The van der Waals surface area contributed by atoms with Crippen molar-refractivity contribution in [1.29, 1.82) is 0 Å². The third-order valence-corrected chi connectivity index (χ3v) is 4.03. The molecule has 0 atom stereocenters. The van der Waals surface area contributed by atoms with E-state index in [-0.39, 0.29) is 18.1 Å². The van der Waals surface area contributed by atoms with Gasteiger partial charge in [-0.1, -0.05) is 0 Å². The molecule has 0 saturated carbocycles. The van der Waals surface area contributed by atoms with Crippen molar-refractivity contribution in [2.75, 3.05) is 17.7 Å². The van der Waals surface area contributed by atoms with Crippen molar-refractivity contribution in [2.24, 2.45) is 0 Å². The van der Waals surface area contributed by atoms with E-state index in [1.165, 1.54) is 23.0 Å². The fourth-order valence-electron chi connectivity index (χ4n) is 1.98. The van der Waals surface area contributed by atoms with Gasteiger partial charge in [-0.25, -0.2) is 9.78 Å². The van der Waals surface area contributed by atoms with Crippen LogP contribution < -0.4 is 21.9 Å². The van der Waals surface area contributed by atoms with Crippen LogP contribution in [0.25, 0.3) is 0 Å². The van der Waals surface area contributed by atoms with Gasteiger partial charge < -0.3 is 10.6 Å². The van der Waals surface area contributed by atoms with Crippen LogP contribution in [-0.4, -0.2) is 27.5 Å². The molecule has 0 unspecified atom stereocenters. The van der Waals surface area contributed by atoms with E-state index >= 15 is 0 Å². The number of rotatable bonds is 3. The zero-order valence-corrected chi connectivity index (χ0v) is 12.7. The second-order valence-corrected chi connectivity index (χ2v) is 5.22. The Labute approximate surface area is 123 Å². The SMILES string of the molecule is CCn1c(N)c(N(C)C(=O)c2scnc2C)c(=O)[nH]c1=O. The Kier molecular flexibility index (Phi) is 3.94. The molecular weight excluding hydrogens is 294 g/mol. The van der Waals surface area contributed by atoms with Crippen molar-refractivity contribution < 1.29 is 4.79 Å². The molecule has 0 aliphatic carbocycles. The second-order valence-electron chi connectivity index (χ2n) is 4.37. The summed E-state index contributed by atoms with van der Waals surface area (Å²) in [4.78, 5) is 43.8. The van der Waals surface area contributed by atoms with E-state index in [9.17, 15) is 14.4 Å². The first kappa shape index (κ1) is 15.0. The smallest absolute Gasteiger partial charge is 0.330 e. The molecule has 0 spiro atoms. The van der Waals surface area contributed by atoms with Gasteiger partial charge in [0.1, 0.15) is 10.7 Å². The highest BCUT2D eigenvalue weighted by molar-refractivity contribution is 7.12. The molecule has 2 aromatic heterocycles. The molecule has 2 aromatic rings. The van der Waals surface area contributed by atoms with E-state index in [2.05, 4.69) is 9.97 Å². The number of H-pyrrole nitrogens is 1. The molecular formula is C12H15N5O3S. The molecule has 0 aromatic carbocycles. The van der Waals surface area contributed by atoms with Crippen LogP contribution >= 0.6 is 11.3 Å². The highest BCUT2D eigenvalue weighted by Crippen LogP contribution is 2.20. The van der Waals surface area contributed by atoms with Gasteiger partial charge in [0.15, 0.2) is 5.69 Å². The van der Waals surface area contributed by atoms with Gasteiger partial charge in [0.25, 0.3) is 11.5 Å². The van der Waals surface area contributed by atoms with Gasteiger partial charge >= 0.3 is 5.69 Å². The minimum atomic E-state index is -0.694. The number of thiazole rings is 1. The zero-order chi connectivity index (χ0) is 15.7. The molecule has 0 aliphatic rings. The number of hydrogen-bond donors (Lipinski definition) is 2. The number of carbonyl (C=O) groups excluding carboxylic acids is 1. The number of aryl methyl sites for hydroxylation is 1. The number of nitrogen functional groups attached to an aromatic ring is 1. The van der Waals surface area contributed by atoms with Crippen molar-refractivity contribution >= 4 is 28.7 Å². The molecule has 0 bridgehead atoms. The molecule has 1 amide bonds. The fourth-order valence-corrected chi connectivity index (χ4v) is 2.75. The summed E-state index contributed by atoms with van der Waals surface area (Å²) in [5.41, 5.74) is 6.65. The summed E-state index contributed by atoms with van der Waals surface area (Å²) in [5.74, 6) is -0.433. The summed E-state index contributed by atoms with van der Waals surface area (Å²) in [7, 11) is 1.44. The molecule has 3 N–H and O–H groups in total. The maximum atomic E-state index is 12.4. The van der Waals surface area contributed by atoms with E-state index in [4.69, 9.17) is 5.73 Å². The van der Waals surface area contributed by atoms with Crippen LogP contribution in [0.5, 0.6) is 0 Å². The fraction of sp³-hybridized carbons (Fsp3) is 0.333. The first-order valence-corrected chi connectivity index (χ1v) is 7.07. The lowest BCUT2D eigenvalue weighted by Crippen LogP contribution is -2.39. The van der Waals surface area contributed by atoms with Gasteiger partial charge in [-0.2, -0.15) is 0 Å². The molecule has 0 radical (unpaired) electrons. The average Bonchev–Trinajstić information content (AvgIpc) is 2.83. The van der Waals surface area contributed by atoms with E-state index in [1.807, 2.05) is 0 Å². The van der Waals surface area contributed by atoms with E-state index < -0.39 is 17.2 Å². The lowest BCUT2D eigenvalue weighted by Gasteiger charge is -2.19. The topological polar surface area (TPSA) is 114 Å². The summed E-state index contributed by atoms with van der Waals surface area (Å²) >= 11 is 1.18. The van der Waals surface area contributed by atoms with Crippen LogP contribution in [-0.2, 0) is 6.54 Å². The van der Waals surface area contributed by atoms with Crippen molar-refractivity contribution in [3.63, 3.8) is 0 Å². The summed E-state index contributed by atoms with van der Waals surface area (Å²) in [5, 5.41) is 0. The largest absolute Gasteiger partial charge is 0.383 e. The summed E-state index contributed by atoms with van der Waals surface area (Å²) in [6.07, 6.45) is 0. The van der Waals surface area contributed by atoms with Crippen molar-refractivity contribution in [1.82, 2.24) is 14.5 Å². The monoisotopic (exact) mass is 309 g/mol. The van der Waals surface area contributed by atoms with E-state index in [1.54, 1.807) is 19.4 Å². The number of nitrogens with zero attached hydrogens (tertiary/aromatic N) is 3. The van der Waals surface area contributed by atoms with Crippen molar-refractivity contribution in [2.45, 2.75) is 20.4 Å². The van der Waals surface area contributed by atoms with Gasteiger partial charge in [-0.15, -0.1) is 11.3 Å². The van der Waals surface area contributed by atoms with Crippen LogP contribution in [0.15, 0.2) is 15.1 Å². The number of nitrogens with one attached hydrogen (secondary N) is 1. The predicted octanol–water partition coefficient (Wildman–Crippen LogP) is 0.180. The Morgan fingerprint density at radius 2 is 2.19 bits per heavy atom. The molecule has 0 fully saturated rings. The maximum Gasteiger partial charge on any atom is 0.330 e. The Morgan fingerprint density at radius 3 is 2.71 bits per heavy atom. The van der Waals surface area contributed by atoms with E-state index in [0.29, 0.717) is 10.6 Å². The first-order chi connectivity index (χ1) is 9.88. The third-order valence-electron chi connectivity index (χ3n) is 3.11. The van der Waals surface area contributed by atoms with Gasteiger partial charge in [-0.3, -0.25) is 19.1 Å². The number of nitrogens with two attached hydrogens (primary N) is 1.